The van der Waals surface area contributed by atoms with Crippen LogP contribution in [0.1, 0.15) is 24.0 Å². The lowest BCUT2D eigenvalue weighted by molar-refractivity contribution is -0.136. The molecule has 0 spiro atoms. The molecule has 1 unspecified atom stereocenters. The van der Waals surface area contributed by atoms with Crippen LogP contribution < -0.4 is 5.32 Å². The van der Waals surface area contributed by atoms with Crippen molar-refractivity contribution in [2.75, 3.05) is 12.3 Å². The van der Waals surface area contributed by atoms with E-state index in [0.29, 0.717) is 0 Å². The summed E-state index contributed by atoms with van der Waals surface area (Å²) in [5.74, 6) is 0.523. The summed E-state index contributed by atoms with van der Waals surface area (Å²) in [6.45, 7) is 1.94. The number of rotatable bonds is 6. The van der Waals surface area contributed by atoms with Crippen LogP contribution in [0.2, 0.25) is 0 Å². The van der Waals surface area contributed by atoms with E-state index in [1.165, 1.54) is 24.2 Å². The predicted octanol–water partition coefficient (Wildman–Crippen LogP) is 2.30. The maximum atomic E-state index is 10.6. The third kappa shape index (κ3) is 4.35. The van der Waals surface area contributed by atoms with E-state index in [-0.39, 0.29) is 6.42 Å². The molecular weight excluding hydrogens is 246 g/mol. The molecule has 1 aliphatic rings. The van der Waals surface area contributed by atoms with Crippen molar-refractivity contribution in [2.24, 2.45) is 0 Å². The van der Waals surface area contributed by atoms with Crippen molar-refractivity contribution in [3.05, 3.63) is 35.4 Å². The molecule has 4 heteroatoms. The monoisotopic (exact) mass is 265 g/mol. The smallest absolute Gasteiger partial charge is 0.307 e. The van der Waals surface area contributed by atoms with Crippen molar-refractivity contribution in [1.29, 1.82) is 0 Å². The number of hydrogen-bond donors (Lipinski definition) is 2. The fraction of sp³-hybridized carbons (Fsp3) is 0.500. The van der Waals surface area contributed by atoms with Crippen LogP contribution in [0.5, 0.6) is 0 Å². The molecule has 1 heterocycles. The van der Waals surface area contributed by atoms with E-state index >= 15 is 0 Å². The Balaban J connectivity index is 1.73. The van der Waals surface area contributed by atoms with E-state index in [2.05, 4.69) is 17.1 Å². The number of hydrogen-bond acceptors (Lipinski definition) is 3. The van der Waals surface area contributed by atoms with Crippen molar-refractivity contribution in [3.63, 3.8) is 0 Å². The zero-order chi connectivity index (χ0) is 12.8. The molecule has 1 atom stereocenters. The normalized spacial score (nSPS) is 19.0. The highest BCUT2D eigenvalue weighted by molar-refractivity contribution is 8.00. The van der Waals surface area contributed by atoms with Crippen molar-refractivity contribution >= 4 is 17.7 Å². The Kier molecular flexibility index (Phi) is 5.08. The second-order valence-electron chi connectivity index (χ2n) is 4.65. The molecule has 1 saturated heterocycles. The Hall–Kier alpha value is -1.00. The Labute approximate surface area is 112 Å². The van der Waals surface area contributed by atoms with Crippen LogP contribution in [0.15, 0.2) is 24.3 Å². The van der Waals surface area contributed by atoms with Crippen LogP contribution in [-0.4, -0.2) is 28.6 Å². The molecular formula is C14H19NO2S. The maximum Gasteiger partial charge on any atom is 0.307 e. The first-order chi connectivity index (χ1) is 8.74. The topological polar surface area (TPSA) is 49.3 Å². The molecule has 98 valence electrons. The average molecular weight is 265 g/mol. The molecule has 0 aliphatic carbocycles. The maximum absolute atomic E-state index is 10.6. The van der Waals surface area contributed by atoms with E-state index in [9.17, 15) is 4.79 Å². The molecule has 0 radical (unpaired) electrons. The summed E-state index contributed by atoms with van der Waals surface area (Å²) in [5, 5.41) is 12.9. The lowest BCUT2D eigenvalue weighted by atomic mass is 10.1. The molecule has 0 bridgehead atoms. The van der Waals surface area contributed by atoms with E-state index in [0.717, 1.165) is 23.9 Å². The highest BCUT2D eigenvalue weighted by Crippen LogP contribution is 2.25. The summed E-state index contributed by atoms with van der Waals surface area (Å²) in [7, 11) is 0. The molecule has 2 N–H and O–H groups in total. The molecule has 0 amide bonds. The summed E-state index contributed by atoms with van der Waals surface area (Å²) in [6, 6.07) is 7.81. The van der Waals surface area contributed by atoms with Gasteiger partial charge in [-0.2, -0.15) is 11.8 Å². The number of carboxylic acids is 1. The van der Waals surface area contributed by atoms with E-state index in [1.807, 2.05) is 24.3 Å². The number of benzene rings is 1. The minimum Gasteiger partial charge on any atom is -0.481 e. The highest BCUT2D eigenvalue weighted by Gasteiger charge is 2.14. The van der Waals surface area contributed by atoms with Gasteiger partial charge < -0.3 is 10.4 Å². The number of nitrogens with one attached hydrogen (secondary N) is 1. The summed E-state index contributed by atoms with van der Waals surface area (Å²) in [5.41, 5.74) is 2.07. The molecule has 1 aromatic rings. The van der Waals surface area contributed by atoms with Gasteiger partial charge in [-0.15, -0.1) is 0 Å². The van der Waals surface area contributed by atoms with Crippen molar-refractivity contribution in [3.8, 4) is 0 Å². The second kappa shape index (κ2) is 6.81. The third-order valence-electron chi connectivity index (χ3n) is 3.10. The quantitative estimate of drug-likeness (QED) is 0.828. The Morgan fingerprint density at radius 1 is 1.33 bits per heavy atom. The molecule has 0 saturated carbocycles. The van der Waals surface area contributed by atoms with Gasteiger partial charge >= 0.3 is 5.97 Å². The van der Waals surface area contributed by atoms with Crippen LogP contribution in [0.4, 0.5) is 0 Å². The number of thioether (sulfide) groups is 1. The molecule has 3 nitrogen and oxygen atoms in total. The molecule has 18 heavy (non-hydrogen) atoms. The number of carboxylic acid groups (broad SMARTS) is 1. The summed E-state index contributed by atoms with van der Waals surface area (Å²) in [6.07, 6.45) is 2.78. The van der Waals surface area contributed by atoms with Crippen molar-refractivity contribution in [1.82, 2.24) is 5.32 Å². The SMILES string of the molecule is O=C(O)Cc1ccc(CNCC2CCCS2)cc1. The van der Waals surface area contributed by atoms with Crippen LogP contribution >= 0.6 is 11.8 Å². The van der Waals surface area contributed by atoms with Gasteiger partial charge in [-0.05, 0) is 29.7 Å². The zero-order valence-electron chi connectivity index (χ0n) is 10.4. The molecule has 1 aliphatic heterocycles. The van der Waals surface area contributed by atoms with Gasteiger partial charge in [0.25, 0.3) is 0 Å². The predicted molar refractivity (Wildman–Crippen MR) is 75.0 cm³/mol. The van der Waals surface area contributed by atoms with Crippen LogP contribution in [0.25, 0.3) is 0 Å². The first kappa shape index (κ1) is 13.4. The van der Waals surface area contributed by atoms with Crippen LogP contribution in [0.3, 0.4) is 0 Å². The Morgan fingerprint density at radius 2 is 2.06 bits per heavy atom. The number of aliphatic carboxylic acids is 1. The van der Waals surface area contributed by atoms with E-state index in [1.54, 1.807) is 0 Å². The average Bonchev–Trinajstić information content (AvgIpc) is 2.84. The first-order valence-corrected chi connectivity index (χ1v) is 7.41. The summed E-state index contributed by atoms with van der Waals surface area (Å²) >= 11 is 2.06. The number of carbonyl (C=O) groups is 1. The highest BCUT2D eigenvalue weighted by atomic mass is 32.2. The van der Waals surface area contributed by atoms with Gasteiger partial charge in [0.2, 0.25) is 0 Å². The second-order valence-corrected chi connectivity index (χ2v) is 6.06. The standard InChI is InChI=1S/C14H19NO2S/c16-14(17)8-11-3-5-12(6-4-11)9-15-10-13-2-1-7-18-13/h3-6,13,15H,1-2,7-10H2,(H,16,17). The zero-order valence-corrected chi connectivity index (χ0v) is 11.2. The van der Waals surface area contributed by atoms with Crippen LogP contribution in [0, 0.1) is 0 Å². The Morgan fingerprint density at radius 3 is 2.67 bits per heavy atom. The van der Waals surface area contributed by atoms with Crippen LogP contribution in [-0.2, 0) is 17.8 Å². The van der Waals surface area contributed by atoms with Gasteiger partial charge in [-0.25, -0.2) is 0 Å². The summed E-state index contributed by atoms with van der Waals surface area (Å²) < 4.78 is 0. The van der Waals surface area contributed by atoms with Gasteiger partial charge in [-0.3, -0.25) is 4.79 Å². The fourth-order valence-electron chi connectivity index (χ4n) is 2.13. The minimum atomic E-state index is -0.779. The lowest BCUT2D eigenvalue weighted by Gasteiger charge is -2.10. The lowest BCUT2D eigenvalue weighted by Crippen LogP contribution is -2.22. The molecule has 2 rings (SSSR count). The molecule has 1 fully saturated rings. The van der Waals surface area contributed by atoms with E-state index in [4.69, 9.17) is 5.11 Å². The minimum absolute atomic E-state index is 0.104. The first-order valence-electron chi connectivity index (χ1n) is 6.36. The van der Waals surface area contributed by atoms with Gasteiger partial charge in [0.15, 0.2) is 0 Å². The Bertz CT molecular complexity index is 385. The third-order valence-corrected chi connectivity index (χ3v) is 4.50. The fourth-order valence-corrected chi connectivity index (χ4v) is 3.37. The van der Waals surface area contributed by atoms with E-state index < -0.39 is 5.97 Å². The van der Waals surface area contributed by atoms with Gasteiger partial charge in [0.1, 0.15) is 0 Å². The van der Waals surface area contributed by atoms with Gasteiger partial charge in [0, 0.05) is 18.3 Å². The largest absolute Gasteiger partial charge is 0.481 e. The van der Waals surface area contributed by atoms with Gasteiger partial charge in [0.05, 0.1) is 6.42 Å². The van der Waals surface area contributed by atoms with Crippen molar-refractivity contribution in [2.45, 2.75) is 31.1 Å². The molecule has 1 aromatic carbocycles. The van der Waals surface area contributed by atoms with Crippen molar-refractivity contribution < 1.29 is 9.90 Å². The molecule has 0 aromatic heterocycles. The summed E-state index contributed by atoms with van der Waals surface area (Å²) in [4.78, 5) is 10.6. The van der Waals surface area contributed by atoms with Gasteiger partial charge in [-0.1, -0.05) is 24.3 Å².